The van der Waals surface area contributed by atoms with Crippen LogP contribution in [0.25, 0.3) is 4.85 Å². The Bertz CT molecular complexity index is 975. The normalized spacial score (nSPS) is 30.1. The Morgan fingerprint density at radius 3 is 2.56 bits per heavy atom. The largest absolute Gasteiger partial charge is 0.393 e. The number of aliphatic hydroxyl groups is 1. The molecule has 0 unspecified atom stereocenters. The van der Waals surface area contributed by atoms with E-state index in [9.17, 15) is 14.7 Å². The number of anilines is 2. The van der Waals surface area contributed by atoms with E-state index in [4.69, 9.17) is 6.57 Å². The molecule has 2 saturated carbocycles. The minimum absolute atomic E-state index is 0.0602. The average Bonchev–Trinajstić information content (AvgIpc) is 3.49. The minimum Gasteiger partial charge on any atom is -0.393 e. The van der Waals surface area contributed by atoms with E-state index in [2.05, 4.69) is 20.0 Å². The molecule has 34 heavy (non-hydrogen) atoms. The lowest BCUT2D eigenvalue weighted by atomic mass is 9.78. The molecule has 1 aromatic carbocycles. The van der Waals surface area contributed by atoms with Crippen LogP contribution >= 0.6 is 0 Å². The summed E-state index contributed by atoms with van der Waals surface area (Å²) in [6.07, 6.45) is 9.94. The first kappa shape index (κ1) is 23.2. The quantitative estimate of drug-likeness (QED) is 0.644. The van der Waals surface area contributed by atoms with Crippen LogP contribution in [0.1, 0.15) is 70.6 Å². The van der Waals surface area contributed by atoms with Gasteiger partial charge in [-0.25, -0.2) is 4.85 Å². The summed E-state index contributed by atoms with van der Waals surface area (Å²) in [5.74, 6) is 0.412. The van der Waals surface area contributed by atoms with Gasteiger partial charge in [0.1, 0.15) is 0 Å². The van der Waals surface area contributed by atoms with E-state index < -0.39 is 0 Å². The molecule has 1 aromatic rings. The fourth-order valence-corrected chi connectivity index (χ4v) is 6.67. The molecule has 2 aliphatic heterocycles. The number of rotatable bonds is 4. The smallest absolute Gasteiger partial charge is 0.230 e. The highest BCUT2D eigenvalue weighted by atomic mass is 16.3. The van der Waals surface area contributed by atoms with Crippen molar-refractivity contribution in [1.29, 1.82) is 0 Å². The summed E-state index contributed by atoms with van der Waals surface area (Å²) in [5, 5.41) is 12.9. The number of hydrogen-bond acceptors (Lipinski definition) is 4. The Morgan fingerprint density at radius 2 is 1.82 bits per heavy atom. The lowest BCUT2D eigenvalue weighted by Gasteiger charge is -2.42. The molecule has 2 amide bonds. The number of carbonyl (C=O) groups is 2. The highest BCUT2D eigenvalue weighted by Gasteiger charge is 2.50. The minimum atomic E-state index is -0.372. The molecule has 0 bridgehead atoms. The number of nitrogens with one attached hydrogen (secondary N) is 1. The van der Waals surface area contributed by atoms with Crippen molar-refractivity contribution >= 4 is 28.9 Å². The number of hydrogen-bond donors (Lipinski definition) is 2. The van der Waals surface area contributed by atoms with Gasteiger partial charge in [-0.05, 0) is 76.0 Å². The van der Waals surface area contributed by atoms with Crippen LogP contribution in [0.3, 0.4) is 0 Å². The van der Waals surface area contributed by atoms with E-state index in [1.807, 2.05) is 12.1 Å². The van der Waals surface area contributed by atoms with E-state index in [0.29, 0.717) is 17.9 Å². The monoisotopic (exact) mass is 464 g/mol. The lowest BCUT2D eigenvalue weighted by Crippen LogP contribution is -2.50. The molecule has 1 spiro atoms. The van der Waals surface area contributed by atoms with E-state index in [-0.39, 0.29) is 35.3 Å². The Morgan fingerprint density at radius 1 is 1.06 bits per heavy atom. The van der Waals surface area contributed by atoms with Gasteiger partial charge in [-0.3, -0.25) is 9.59 Å². The summed E-state index contributed by atoms with van der Waals surface area (Å²) in [6.45, 7) is 10.0. The summed E-state index contributed by atoms with van der Waals surface area (Å²) in [5.41, 5.74) is 1.70. The maximum atomic E-state index is 13.6. The maximum absolute atomic E-state index is 13.6. The standard InChI is InChI=1S/C27H36N4O3/c1-28-23-17-20(29-25(33)19-5-2-3-6-19)7-12-24(23)30-15-4-13-27(18-30)14-16-31(26(27)34)21-8-10-22(32)11-9-21/h7,12,17,19,21-22,32H,2-6,8-11,13-16,18H2,(H,29,33)/t21?,22?,27-/m0/s1. The van der Waals surface area contributed by atoms with Crippen molar-refractivity contribution in [2.75, 3.05) is 29.9 Å². The molecule has 1 atom stereocenters. The molecule has 2 aliphatic carbocycles. The van der Waals surface area contributed by atoms with Gasteiger partial charge in [0.2, 0.25) is 17.5 Å². The molecule has 0 radical (unpaired) electrons. The highest BCUT2D eigenvalue weighted by molar-refractivity contribution is 5.94. The Kier molecular flexibility index (Phi) is 6.52. The molecule has 182 valence electrons. The Balaban J connectivity index is 1.29. The number of piperidine rings is 1. The van der Waals surface area contributed by atoms with Gasteiger partial charge in [0, 0.05) is 43.0 Å². The lowest BCUT2D eigenvalue weighted by molar-refractivity contribution is -0.139. The van der Waals surface area contributed by atoms with E-state index >= 15 is 0 Å². The van der Waals surface area contributed by atoms with Crippen molar-refractivity contribution in [2.24, 2.45) is 11.3 Å². The summed E-state index contributed by atoms with van der Waals surface area (Å²) in [4.78, 5) is 34.2. The molecule has 2 saturated heterocycles. The first-order chi connectivity index (χ1) is 16.5. The highest BCUT2D eigenvalue weighted by Crippen LogP contribution is 2.45. The second-order valence-corrected chi connectivity index (χ2v) is 10.8. The fraction of sp³-hybridized carbons (Fsp3) is 0.667. The van der Waals surface area contributed by atoms with Crippen LogP contribution in [0, 0.1) is 17.9 Å². The Hall–Kier alpha value is -2.59. The van der Waals surface area contributed by atoms with Gasteiger partial charge in [0.05, 0.1) is 18.1 Å². The van der Waals surface area contributed by atoms with Crippen molar-refractivity contribution < 1.29 is 14.7 Å². The number of aliphatic hydroxyl groups excluding tert-OH is 1. The van der Waals surface area contributed by atoms with Crippen molar-refractivity contribution in [3.63, 3.8) is 0 Å². The molecule has 2 heterocycles. The fourth-order valence-electron chi connectivity index (χ4n) is 6.67. The number of benzene rings is 1. The van der Waals surface area contributed by atoms with Crippen LogP contribution < -0.4 is 10.2 Å². The van der Waals surface area contributed by atoms with Gasteiger partial charge in [0.15, 0.2) is 0 Å². The van der Waals surface area contributed by atoms with Gasteiger partial charge in [0.25, 0.3) is 0 Å². The topological polar surface area (TPSA) is 77.2 Å². The zero-order chi connectivity index (χ0) is 23.7. The number of nitrogens with zero attached hydrogens (tertiary/aromatic N) is 3. The van der Waals surface area contributed by atoms with Crippen molar-refractivity contribution in [3.8, 4) is 0 Å². The number of amides is 2. The second-order valence-electron chi connectivity index (χ2n) is 10.8. The van der Waals surface area contributed by atoms with E-state index in [1.165, 1.54) is 0 Å². The summed E-state index contributed by atoms with van der Waals surface area (Å²) < 4.78 is 0. The third-order valence-electron chi connectivity index (χ3n) is 8.66. The second kappa shape index (κ2) is 9.58. The molecular weight excluding hydrogens is 428 g/mol. The van der Waals surface area contributed by atoms with Gasteiger partial charge in [-0.15, -0.1) is 0 Å². The van der Waals surface area contributed by atoms with Gasteiger partial charge >= 0.3 is 0 Å². The molecule has 2 N–H and O–H groups in total. The van der Waals surface area contributed by atoms with Crippen LogP contribution in [0.15, 0.2) is 18.2 Å². The third-order valence-corrected chi connectivity index (χ3v) is 8.66. The van der Waals surface area contributed by atoms with Crippen LogP contribution in [0.5, 0.6) is 0 Å². The van der Waals surface area contributed by atoms with Crippen molar-refractivity contribution in [3.05, 3.63) is 29.6 Å². The zero-order valence-electron chi connectivity index (χ0n) is 20.0. The van der Waals surface area contributed by atoms with Gasteiger partial charge in [-0.2, -0.15) is 0 Å². The molecule has 7 heteroatoms. The van der Waals surface area contributed by atoms with Crippen molar-refractivity contribution in [2.45, 2.75) is 82.8 Å². The Labute approximate surface area is 202 Å². The molecular formula is C27H36N4O3. The predicted octanol–water partition coefficient (Wildman–Crippen LogP) is 4.49. The molecule has 4 fully saturated rings. The van der Waals surface area contributed by atoms with Gasteiger partial charge in [-0.1, -0.05) is 12.8 Å². The van der Waals surface area contributed by atoms with E-state index in [1.54, 1.807) is 6.07 Å². The van der Waals surface area contributed by atoms with Crippen molar-refractivity contribution in [1.82, 2.24) is 4.90 Å². The van der Waals surface area contributed by atoms with Gasteiger partial charge < -0.3 is 20.2 Å². The first-order valence-corrected chi connectivity index (χ1v) is 13.1. The number of carbonyl (C=O) groups excluding carboxylic acids is 2. The maximum Gasteiger partial charge on any atom is 0.230 e. The summed E-state index contributed by atoms with van der Waals surface area (Å²) >= 11 is 0. The molecule has 4 aliphatic rings. The average molecular weight is 465 g/mol. The third kappa shape index (κ3) is 4.40. The van der Waals surface area contributed by atoms with Crippen LogP contribution in [-0.4, -0.2) is 53.6 Å². The van der Waals surface area contributed by atoms with Crippen LogP contribution in [0.4, 0.5) is 17.1 Å². The number of likely N-dealkylation sites (tertiary alicyclic amines) is 1. The summed E-state index contributed by atoms with van der Waals surface area (Å²) in [6, 6.07) is 5.88. The van der Waals surface area contributed by atoms with E-state index in [0.717, 1.165) is 89.4 Å². The molecule has 0 aromatic heterocycles. The molecule has 5 rings (SSSR count). The SMILES string of the molecule is [C-]#[N+]c1cc(NC(=O)C2CCCC2)ccc1N1CCC[C@]2(CCN(C3CCC(O)CC3)C2=O)C1. The summed E-state index contributed by atoms with van der Waals surface area (Å²) in [7, 11) is 0. The predicted molar refractivity (Wildman–Crippen MR) is 132 cm³/mol. The van der Waals surface area contributed by atoms with Crippen LogP contribution in [-0.2, 0) is 9.59 Å². The molecule has 7 nitrogen and oxygen atoms in total. The first-order valence-electron chi connectivity index (χ1n) is 13.1. The zero-order valence-corrected chi connectivity index (χ0v) is 20.0. The van der Waals surface area contributed by atoms with Crippen LogP contribution in [0.2, 0.25) is 0 Å².